The number of anilines is 1. The van der Waals surface area contributed by atoms with Gasteiger partial charge < -0.3 is 9.32 Å². The van der Waals surface area contributed by atoms with E-state index < -0.39 is 10.0 Å². The van der Waals surface area contributed by atoms with E-state index in [1.54, 1.807) is 12.1 Å². The summed E-state index contributed by atoms with van der Waals surface area (Å²) in [6.07, 6.45) is 0. The lowest BCUT2D eigenvalue weighted by molar-refractivity contribution is 0.373. The first-order valence-electron chi connectivity index (χ1n) is 7.90. The number of aromatic nitrogens is 1. The minimum Gasteiger partial charge on any atom is -0.423 e. The maximum Gasteiger partial charge on any atom is 0.298 e. The first kappa shape index (κ1) is 16.4. The normalized spacial score (nSPS) is 16.4. The maximum absolute atomic E-state index is 12.7. The van der Waals surface area contributed by atoms with Crippen molar-refractivity contribution in [2.24, 2.45) is 0 Å². The fraction of sp³-hybridized carbons (Fsp3) is 0.235. The molecule has 1 fully saturated rings. The van der Waals surface area contributed by atoms with E-state index in [0.29, 0.717) is 37.2 Å². The van der Waals surface area contributed by atoms with Gasteiger partial charge in [-0.25, -0.2) is 8.42 Å². The van der Waals surface area contributed by atoms with Gasteiger partial charge in [0.15, 0.2) is 5.58 Å². The Labute approximate surface area is 150 Å². The Morgan fingerprint density at radius 1 is 0.960 bits per heavy atom. The van der Waals surface area contributed by atoms with Crippen molar-refractivity contribution in [3.05, 3.63) is 53.6 Å². The van der Waals surface area contributed by atoms with Crippen LogP contribution >= 0.6 is 11.6 Å². The van der Waals surface area contributed by atoms with Gasteiger partial charge in [0.05, 0.1) is 4.90 Å². The molecule has 2 aromatic carbocycles. The standard InChI is InChI=1S/C17H16ClN3O3S/c18-13-5-7-14(8-6-13)25(22,23)21-11-9-20(10-12-21)17-19-15-3-1-2-4-16(15)24-17/h1-8H,9-12H2. The van der Waals surface area contributed by atoms with Crippen molar-refractivity contribution in [1.29, 1.82) is 0 Å². The monoisotopic (exact) mass is 377 g/mol. The van der Waals surface area contributed by atoms with Crippen LogP contribution in [0, 0.1) is 0 Å². The van der Waals surface area contributed by atoms with E-state index in [2.05, 4.69) is 4.98 Å². The number of rotatable bonds is 3. The molecule has 25 heavy (non-hydrogen) atoms. The van der Waals surface area contributed by atoms with Crippen molar-refractivity contribution in [3.8, 4) is 0 Å². The van der Waals surface area contributed by atoms with Crippen LogP contribution in [0.2, 0.25) is 5.02 Å². The van der Waals surface area contributed by atoms with Gasteiger partial charge in [-0.2, -0.15) is 9.29 Å². The summed E-state index contributed by atoms with van der Waals surface area (Å²) in [6.45, 7) is 1.81. The van der Waals surface area contributed by atoms with Gasteiger partial charge in [0.2, 0.25) is 10.0 Å². The van der Waals surface area contributed by atoms with Crippen molar-refractivity contribution in [3.63, 3.8) is 0 Å². The summed E-state index contributed by atoms with van der Waals surface area (Å²) in [5.41, 5.74) is 1.53. The van der Waals surface area contributed by atoms with E-state index in [-0.39, 0.29) is 4.90 Å². The third kappa shape index (κ3) is 3.10. The summed E-state index contributed by atoms with van der Waals surface area (Å²) in [4.78, 5) is 6.69. The Hall–Kier alpha value is -2.09. The molecule has 0 bridgehead atoms. The van der Waals surface area contributed by atoms with Crippen LogP contribution in [-0.2, 0) is 10.0 Å². The molecule has 0 spiro atoms. The molecule has 6 nitrogen and oxygen atoms in total. The third-order valence-corrected chi connectivity index (χ3v) is 6.41. The number of hydrogen-bond donors (Lipinski definition) is 0. The number of piperazine rings is 1. The molecular formula is C17H16ClN3O3S. The highest BCUT2D eigenvalue weighted by Gasteiger charge is 2.29. The number of fused-ring (bicyclic) bond motifs is 1. The largest absolute Gasteiger partial charge is 0.423 e. The zero-order valence-electron chi connectivity index (χ0n) is 13.3. The molecule has 8 heteroatoms. The number of benzene rings is 2. The molecular weight excluding hydrogens is 362 g/mol. The molecule has 2 heterocycles. The number of para-hydroxylation sites is 2. The fourth-order valence-electron chi connectivity index (χ4n) is 2.87. The van der Waals surface area contributed by atoms with Gasteiger partial charge in [-0.05, 0) is 36.4 Å². The maximum atomic E-state index is 12.7. The van der Waals surface area contributed by atoms with Crippen molar-refractivity contribution in [2.75, 3.05) is 31.1 Å². The van der Waals surface area contributed by atoms with Gasteiger partial charge in [-0.15, -0.1) is 0 Å². The van der Waals surface area contributed by atoms with Gasteiger partial charge in [0.25, 0.3) is 6.01 Å². The van der Waals surface area contributed by atoms with Crippen LogP contribution in [0.5, 0.6) is 0 Å². The molecule has 0 atom stereocenters. The summed E-state index contributed by atoms with van der Waals surface area (Å²) in [5.74, 6) is 0. The van der Waals surface area contributed by atoms with Crippen LogP contribution in [-0.4, -0.2) is 43.9 Å². The predicted molar refractivity (Wildman–Crippen MR) is 96.4 cm³/mol. The molecule has 0 radical (unpaired) electrons. The molecule has 3 aromatic rings. The lowest BCUT2D eigenvalue weighted by Crippen LogP contribution is -2.48. The second kappa shape index (κ2) is 6.33. The average molecular weight is 378 g/mol. The molecule has 1 aliphatic heterocycles. The molecule has 130 valence electrons. The summed E-state index contributed by atoms with van der Waals surface area (Å²) < 4.78 is 32.7. The molecule has 1 aliphatic rings. The van der Waals surface area contributed by atoms with Crippen LogP contribution in [0.15, 0.2) is 57.8 Å². The number of sulfonamides is 1. The van der Waals surface area contributed by atoms with E-state index in [1.807, 2.05) is 29.2 Å². The van der Waals surface area contributed by atoms with Crippen LogP contribution in [0.1, 0.15) is 0 Å². The summed E-state index contributed by atoms with van der Waals surface area (Å²) in [5, 5.41) is 0.514. The molecule has 0 saturated carbocycles. The lowest BCUT2D eigenvalue weighted by atomic mass is 10.3. The molecule has 0 amide bonds. The van der Waals surface area contributed by atoms with E-state index >= 15 is 0 Å². The Morgan fingerprint density at radius 3 is 2.32 bits per heavy atom. The second-order valence-corrected chi connectivity index (χ2v) is 8.18. The molecule has 1 aromatic heterocycles. The van der Waals surface area contributed by atoms with Crippen molar-refractivity contribution in [1.82, 2.24) is 9.29 Å². The SMILES string of the molecule is O=S(=O)(c1ccc(Cl)cc1)N1CCN(c2nc3ccccc3o2)CC1. The Balaban J connectivity index is 1.50. The molecule has 0 unspecified atom stereocenters. The zero-order chi connectivity index (χ0) is 17.4. The van der Waals surface area contributed by atoms with Gasteiger partial charge >= 0.3 is 0 Å². The molecule has 4 rings (SSSR count). The molecule has 1 saturated heterocycles. The highest BCUT2D eigenvalue weighted by atomic mass is 35.5. The summed E-state index contributed by atoms with van der Waals surface area (Å²) >= 11 is 5.84. The van der Waals surface area contributed by atoms with E-state index in [1.165, 1.54) is 16.4 Å². The van der Waals surface area contributed by atoms with Crippen LogP contribution < -0.4 is 4.90 Å². The van der Waals surface area contributed by atoms with E-state index in [9.17, 15) is 8.42 Å². The fourth-order valence-corrected chi connectivity index (χ4v) is 4.42. The highest BCUT2D eigenvalue weighted by Crippen LogP contribution is 2.24. The van der Waals surface area contributed by atoms with Gasteiger partial charge in [0.1, 0.15) is 5.52 Å². The second-order valence-electron chi connectivity index (χ2n) is 5.81. The van der Waals surface area contributed by atoms with E-state index in [4.69, 9.17) is 16.0 Å². The number of oxazole rings is 1. The van der Waals surface area contributed by atoms with Crippen LogP contribution in [0.4, 0.5) is 6.01 Å². The number of nitrogens with zero attached hydrogens (tertiary/aromatic N) is 3. The molecule has 0 N–H and O–H groups in total. The smallest absolute Gasteiger partial charge is 0.298 e. The number of hydrogen-bond acceptors (Lipinski definition) is 5. The van der Waals surface area contributed by atoms with Crippen molar-refractivity contribution in [2.45, 2.75) is 4.90 Å². The Bertz CT molecular complexity index is 960. The zero-order valence-corrected chi connectivity index (χ0v) is 14.9. The predicted octanol–water partition coefficient (Wildman–Crippen LogP) is 2.99. The van der Waals surface area contributed by atoms with E-state index in [0.717, 1.165) is 11.1 Å². The number of halogens is 1. The Morgan fingerprint density at radius 2 is 1.64 bits per heavy atom. The summed E-state index contributed by atoms with van der Waals surface area (Å²) in [6, 6.07) is 14.3. The van der Waals surface area contributed by atoms with Crippen molar-refractivity contribution >= 4 is 38.7 Å². The van der Waals surface area contributed by atoms with Gasteiger partial charge in [-0.3, -0.25) is 0 Å². The lowest BCUT2D eigenvalue weighted by Gasteiger charge is -2.33. The quantitative estimate of drug-likeness (QED) is 0.702. The van der Waals surface area contributed by atoms with Gasteiger partial charge in [0, 0.05) is 31.2 Å². The minimum absolute atomic E-state index is 0.257. The summed E-state index contributed by atoms with van der Waals surface area (Å²) in [7, 11) is -3.51. The minimum atomic E-state index is -3.51. The first-order valence-corrected chi connectivity index (χ1v) is 9.72. The molecule has 0 aliphatic carbocycles. The van der Waals surface area contributed by atoms with Crippen LogP contribution in [0.3, 0.4) is 0 Å². The average Bonchev–Trinajstić information content (AvgIpc) is 3.06. The van der Waals surface area contributed by atoms with Crippen molar-refractivity contribution < 1.29 is 12.8 Å². The third-order valence-electron chi connectivity index (χ3n) is 4.24. The first-order chi connectivity index (χ1) is 12.0. The van der Waals surface area contributed by atoms with Gasteiger partial charge in [-0.1, -0.05) is 23.7 Å². The Kier molecular flexibility index (Phi) is 4.15. The van der Waals surface area contributed by atoms with Crippen LogP contribution in [0.25, 0.3) is 11.1 Å². The topological polar surface area (TPSA) is 66.7 Å². The highest BCUT2D eigenvalue weighted by molar-refractivity contribution is 7.89.